The SMILES string of the molecule is CC(C)C(NC(=O)CCc1ccc(-c2ccccc2)o1)c1nc(-c2ccncc2)no1. The molecule has 31 heavy (non-hydrogen) atoms. The van der Waals surface area contributed by atoms with Gasteiger partial charge in [0, 0.05) is 36.4 Å². The summed E-state index contributed by atoms with van der Waals surface area (Å²) in [6, 6.07) is 17.0. The van der Waals surface area contributed by atoms with Gasteiger partial charge in [0.25, 0.3) is 0 Å². The maximum Gasteiger partial charge on any atom is 0.249 e. The number of benzene rings is 1. The van der Waals surface area contributed by atoms with Crippen LogP contribution in [-0.4, -0.2) is 21.0 Å². The average Bonchev–Trinajstić information content (AvgIpc) is 3.47. The lowest BCUT2D eigenvalue weighted by atomic mass is 10.0. The fraction of sp³-hybridized carbons (Fsp3) is 0.250. The Morgan fingerprint density at radius 3 is 2.52 bits per heavy atom. The van der Waals surface area contributed by atoms with Crippen LogP contribution in [0.1, 0.15) is 38.0 Å². The predicted molar refractivity (Wildman–Crippen MR) is 116 cm³/mol. The zero-order valence-corrected chi connectivity index (χ0v) is 17.5. The number of amides is 1. The summed E-state index contributed by atoms with van der Waals surface area (Å²) in [6.45, 7) is 4.00. The molecule has 158 valence electrons. The van der Waals surface area contributed by atoms with Crippen molar-refractivity contribution in [2.75, 3.05) is 0 Å². The molecule has 0 aliphatic rings. The quantitative estimate of drug-likeness (QED) is 0.442. The van der Waals surface area contributed by atoms with Crippen molar-refractivity contribution in [1.29, 1.82) is 0 Å². The third-order valence-electron chi connectivity index (χ3n) is 4.95. The van der Waals surface area contributed by atoms with Crippen molar-refractivity contribution in [3.63, 3.8) is 0 Å². The van der Waals surface area contributed by atoms with E-state index in [1.54, 1.807) is 12.4 Å². The van der Waals surface area contributed by atoms with Gasteiger partial charge >= 0.3 is 0 Å². The molecule has 1 N–H and O–H groups in total. The van der Waals surface area contributed by atoms with E-state index in [9.17, 15) is 4.79 Å². The van der Waals surface area contributed by atoms with Crippen molar-refractivity contribution in [2.24, 2.45) is 5.92 Å². The van der Waals surface area contributed by atoms with Crippen LogP contribution in [0.4, 0.5) is 0 Å². The van der Waals surface area contributed by atoms with Gasteiger partial charge in [-0.2, -0.15) is 4.98 Å². The van der Waals surface area contributed by atoms with Crippen LogP contribution in [-0.2, 0) is 11.2 Å². The molecule has 0 fully saturated rings. The molecule has 1 atom stereocenters. The minimum atomic E-state index is -0.368. The number of pyridine rings is 1. The Hall–Kier alpha value is -3.74. The first-order chi connectivity index (χ1) is 15.1. The maximum atomic E-state index is 12.6. The molecular weight excluding hydrogens is 392 g/mol. The highest BCUT2D eigenvalue weighted by atomic mass is 16.5. The van der Waals surface area contributed by atoms with Crippen LogP contribution >= 0.6 is 0 Å². The molecule has 3 heterocycles. The summed E-state index contributed by atoms with van der Waals surface area (Å²) < 4.78 is 11.3. The summed E-state index contributed by atoms with van der Waals surface area (Å²) in [7, 11) is 0. The number of hydrogen-bond donors (Lipinski definition) is 1. The van der Waals surface area contributed by atoms with Crippen LogP contribution in [0, 0.1) is 5.92 Å². The van der Waals surface area contributed by atoms with Gasteiger partial charge in [-0.05, 0) is 30.2 Å². The highest BCUT2D eigenvalue weighted by molar-refractivity contribution is 5.76. The average molecular weight is 416 g/mol. The van der Waals surface area contributed by atoms with Gasteiger partial charge in [0.2, 0.25) is 17.6 Å². The fourth-order valence-electron chi connectivity index (χ4n) is 3.25. The number of rotatable bonds is 8. The summed E-state index contributed by atoms with van der Waals surface area (Å²) in [5.74, 6) is 2.42. The highest BCUT2D eigenvalue weighted by Gasteiger charge is 2.25. The Bertz CT molecular complexity index is 1120. The molecule has 0 aliphatic carbocycles. The fourth-order valence-corrected chi connectivity index (χ4v) is 3.25. The van der Waals surface area contributed by atoms with Gasteiger partial charge in [-0.25, -0.2) is 0 Å². The van der Waals surface area contributed by atoms with Crippen molar-refractivity contribution in [1.82, 2.24) is 20.4 Å². The van der Waals surface area contributed by atoms with Gasteiger partial charge in [0.1, 0.15) is 17.6 Å². The molecule has 4 aromatic rings. The number of hydrogen-bond acceptors (Lipinski definition) is 6. The molecule has 3 aromatic heterocycles. The third-order valence-corrected chi connectivity index (χ3v) is 4.95. The van der Waals surface area contributed by atoms with Crippen LogP contribution in [0.3, 0.4) is 0 Å². The molecule has 0 radical (unpaired) electrons. The molecule has 7 heteroatoms. The summed E-state index contributed by atoms with van der Waals surface area (Å²) >= 11 is 0. The molecule has 0 saturated heterocycles. The van der Waals surface area contributed by atoms with Crippen molar-refractivity contribution in [3.05, 3.63) is 78.6 Å². The van der Waals surface area contributed by atoms with Gasteiger partial charge in [0.05, 0.1) is 0 Å². The Labute approximate surface area is 180 Å². The standard InChI is InChI=1S/C24H24N4O3/c1-16(2)22(24-27-23(28-31-24)18-12-14-25-15-13-18)26-21(29)11-9-19-8-10-20(30-19)17-6-4-3-5-7-17/h3-8,10,12-16,22H,9,11H2,1-2H3,(H,26,29). The zero-order chi connectivity index (χ0) is 21.6. The maximum absolute atomic E-state index is 12.6. The van der Waals surface area contributed by atoms with E-state index in [4.69, 9.17) is 8.94 Å². The Balaban J connectivity index is 1.37. The van der Waals surface area contributed by atoms with E-state index in [1.807, 2.05) is 68.4 Å². The molecule has 0 saturated carbocycles. The lowest BCUT2D eigenvalue weighted by Gasteiger charge is -2.18. The molecule has 0 spiro atoms. The van der Waals surface area contributed by atoms with E-state index in [-0.39, 0.29) is 17.9 Å². The van der Waals surface area contributed by atoms with Crippen LogP contribution in [0.25, 0.3) is 22.7 Å². The van der Waals surface area contributed by atoms with Crippen molar-refractivity contribution < 1.29 is 13.7 Å². The first-order valence-electron chi connectivity index (χ1n) is 10.3. The van der Waals surface area contributed by atoms with E-state index in [0.29, 0.717) is 24.6 Å². The normalized spacial score (nSPS) is 12.1. The summed E-state index contributed by atoms with van der Waals surface area (Å²) in [5, 5.41) is 7.06. The van der Waals surface area contributed by atoms with Crippen molar-refractivity contribution in [3.8, 4) is 22.7 Å². The van der Waals surface area contributed by atoms with Crippen molar-refractivity contribution >= 4 is 5.91 Å². The number of carbonyl (C=O) groups is 1. The number of furan rings is 1. The Kier molecular flexibility index (Phi) is 6.21. The Morgan fingerprint density at radius 2 is 1.77 bits per heavy atom. The lowest BCUT2D eigenvalue weighted by Crippen LogP contribution is -2.32. The second-order valence-corrected chi connectivity index (χ2v) is 7.61. The monoisotopic (exact) mass is 416 g/mol. The molecule has 0 aliphatic heterocycles. The predicted octanol–water partition coefficient (Wildman–Crippen LogP) is 4.84. The highest BCUT2D eigenvalue weighted by Crippen LogP contribution is 2.25. The summed E-state index contributed by atoms with van der Waals surface area (Å²) in [6.07, 6.45) is 4.15. The smallest absolute Gasteiger partial charge is 0.249 e. The number of aromatic nitrogens is 3. The third kappa shape index (κ3) is 5.06. The van der Waals surface area contributed by atoms with E-state index in [1.165, 1.54) is 0 Å². The van der Waals surface area contributed by atoms with Gasteiger partial charge < -0.3 is 14.3 Å². The molecule has 1 amide bonds. The zero-order valence-electron chi connectivity index (χ0n) is 17.5. The summed E-state index contributed by atoms with van der Waals surface area (Å²) in [4.78, 5) is 21.1. The van der Waals surface area contributed by atoms with E-state index in [0.717, 1.165) is 22.6 Å². The minimum Gasteiger partial charge on any atom is -0.461 e. The van der Waals surface area contributed by atoms with E-state index in [2.05, 4.69) is 20.4 Å². The van der Waals surface area contributed by atoms with E-state index >= 15 is 0 Å². The van der Waals surface area contributed by atoms with Crippen LogP contribution in [0.5, 0.6) is 0 Å². The van der Waals surface area contributed by atoms with Gasteiger partial charge in [0.15, 0.2) is 0 Å². The molecule has 4 rings (SSSR count). The van der Waals surface area contributed by atoms with Gasteiger partial charge in [-0.3, -0.25) is 9.78 Å². The van der Waals surface area contributed by atoms with Gasteiger partial charge in [-0.15, -0.1) is 0 Å². The largest absolute Gasteiger partial charge is 0.461 e. The van der Waals surface area contributed by atoms with Gasteiger partial charge in [-0.1, -0.05) is 49.3 Å². The number of carbonyl (C=O) groups excluding carboxylic acids is 1. The first-order valence-corrected chi connectivity index (χ1v) is 10.3. The van der Waals surface area contributed by atoms with Crippen molar-refractivity contribution in [2.45, 2.75) is 32.7 Å². The van der Waals surface area contributed by atoms with Crippen LogP contribution in [0.15, 0.2) is 75.9 Å². The molecule has 0 bridgehead atoms. The first kappa shape index (κ1) is 20.5. The second kappa shape index (κ2) is 9.38. The lowest BCUT2D eigenvalue weighted by molar-refractivity contribution is -0.122. The molecular formula is C24H24N4O3. The Morgan fingerprint density at radius 1 is 1.00 bits per heavy atom. The minimum absolute atomic E-state index is 0.0861. The number of aryl methyl sites for hydroxylation is 1. The molecule has 1 unspecified atom stereocenters. The second-order valence-electron chi connectivity index (χ2n) is 7.61. The topological polar surface area (TPSA) is 94.1 Å². The van der Waals surface area contributed by atoms with Crippen LogP contribution < -0.4 is 5.32 Å². The number of nitrogens with one attached hydrogen (secondary N) is 1. The van der Waals surface area contributed by atoms with E-state index < -0.39 is 0 Å². The number of nitrogens with zero attached hydrogens (tertiary/aromatic N) is 3. The summed E-state index contributed by atoms with van der Waals surface area (Å²) in [5.41, 5.74) is 1.82. The molecule has 7 nitrogen and oxygen atoms in total. The van der Waals surface area contributed by atoms with Crippen LogP contribution in [0.2, 0.25) is 0 Å². The molecule has 1 aromatic carbocycles.